The van der Waals surface area contributed by atoms with Gasteiger partial charge in [0.25, 0.3) is 5.91 Å². The number of nitrogens with zero attached hydrogens (tertiary/aromatic N) is 1. The molecule has 0 saturated carbocycles. The van der Waals surface area contributed by atoms with Gasteiger partial charge in [-0.1, -0.05) is 41.9 Å². The summed E-state index contributed by atoms with van der Waals surface area (Å²) in [6.45, 7) is 0. The van der Waals surface area contributed by atoms with Crippen LogP contribution < -0.4 is 5.32 Å². The minimum atomic E-state index is -0.430. The van der Waals surface area contributed by atoms with Crippen molar-refractivity contribution in [2.45, 2.75) is 0 Å². The molecule has 1 amide bonds. The van der Waals surface area contributed by atoms with E-state index in [4.69, 9.17) is 21.3 Å². The molecular weight excluding hydrogens is 400 g/mol. The van der Waals surface area contributed by atoms with Crippen molar-refractivity contribution in [3.8, 4) is 11.3 Å². The number of methoxy groups -OCH3 is 1. The minimum Gasteiger partial charge on any atom is -0.465 e. The van der Waals surface area contributed by atoms with Crippen molar-refractivity contribution in [3.63, 3.8) is 0 Å². The Bertz CT molecular complexity index is 1240. The van der Waals surface area contributed by atoms with Crippen LogP contribution in [0.25, 0.3) is 22.2 Å². The normalized spacial score (nSPS) is 10.6. The monoisotopic (exact) mass is 416 g/mol. The van der Waals surface area contributed by atoms with Crippen molar-refractivity contribution in [1.29, 1.82) is 0 Å². The predicted octanol–water partition coefficient (Wildman–Crippen LogP) is 5.59. The summed E-state index contributed by atoms with van der Waals surface area (Å²) >= 11 is 5.99. The zero-order chi connectivity index (χ0) is 21.1. The summed E-state index contributed by atoms with van der Waals surface area (Å²) in [5.41, 5.74) is 3.74. The van der Waals surface area contributed by atoms with E-state index in [1.807, 2.05) is 36.4 Å². The van der Waals surface area contributed by atoms with Gasteiger partial charge in [0.15, 0.2) is 0 Å². The molecule has 6 heteroatoms. The number of pyridine rings is 1. The molecule has 0 unspecified atom stereocenters. The Morgan fingerprint density at radius 3 is 2.33 bits per heavy atom. The van der Waals surface area contributed by atoms with E-state index >= 15 is 0 Å². The smallest absolute Gasteiger partial charge is 0.337 e. The molecule has 0 bridgehead atoms. The fourth-order valence-electron chi connectivity index (χ4n) is 3.14. The van der Waals surface area contributed by atoms with Crippen LogP contribution in [0.1, 0.15) is 20.7 Å². The zero-order valence-corrected chi connectivity index (χ0v) is 16.8. The van der Waals surface area contributed by atoms with Crippen LogP contribution in [0.5, 0.6) is 0 Å². The number of esters is 1. The highest BCUT2D eigenvalue weighted by atomic mass is 35.5. The molecule has 148 valence electrons. The first-order chi connectivity index (χ1) is 14.5. The molecule has 3 aromatic carbocycles. The molecule has 0 atom stereocenters. The Morgan fingerprint density at radius 1 is 0.933 bits per heavy atom. The molecule has 0 spiro atoms. The Kier molecular flexibility index (Phi) is 5.46. The molecule has 30 heavy (non-hydrogen) atoms. The topological polar surface area (TPSA) is 68.3 Å². The molecule has 4 rings (SSSR count). The second kappa shape index (κ2) is 8.35. The third kappa shape index (κ3) is 4.02. The third-order valence-corrected chi connectivity index (χ3v) is 4.92. The van der Waals surface area contributed by atoms with Gasteiger partial charge >= 0.3 is 5.97 Å². The van der Waals surface area contributed by atoms with E-state index in [0.717, 1.165) is 16.5 Å². The first-order valence-electron chi connectivity index (χ1n) is 9.20. The molecule has 0 radical (unpaired) electrons. The van der Waals surface area contributed by atoms with Gasteiger partial charge in [-0.05, 0) is 48.5 Å². The number of benzene rings is 3. The van der Waals surface area contributed by atoms with Crippen molar-refractivity contribution in [2.24, 2.45) is 0 Å². The van der Waals surface area contributed by atoms with Crippen molar-refractivity contribution >= 4 is 40.1 Å². The first kappa shape index (κ1) is 19.6. The lowest BCUT2D eigenvalue weighted by molar-refractivity contribution is 0.0600. The summed E-state index contributed by atoms with van der Waals surface area (Å²) in [5, 5.41) is 4.26. The number of para-hydroxylation sites is 1. The number of amides is 1. The summed E-state index contributed by atoms with van der Waals surface area (Å²) in [5.74, 6) is -0.699. The van der Waals surface area contributed by atoms with Crippen LogP contribution in [0.4, 0.5) is 5.69 Å². The SMILES string of the molecule is COC(=O)c1ccc(NC(=O)c2cc(-c3ccc(Cl)cc3)nc3ccccc23)cc1. The molecule has 0 aliphatic heterocycles. The van der Waals surface area contributed by atoms with E-state index in [-0.39, 0.29) is 5.91 Å². The molecule has 0 fully saturated rings. The molecule has 1 heterocycles. The van der Waals surface area contributed by atoms with Crippen LogP contribution in [0, 0.1) is 0 Å². The van der Waals surface area contributed by atoms with E-state index in [1.54, 1.807) is 42.5 Å². The van der Waals surface area contributed by atoms with Gasteiger partial charge < -0.3 is 10.1 Å². The maximum atomic E-state index is 13.1. The lowest BCUT2D eigenvalue weighted by Gasteiger charge is -2.11. The number of carbonyl (C=O) groups is 2. The third-order valence-electron chi connectivity index (χ3n) is 4.66. The van der Waals surface area contributed by atoms with Crippen LogP contribution in [-0.2, 0) is 4.74 Å². The summed E-state index contributed by atoms with van der Waals surface area (Å²) in [7, 11) is 1.32. The fourth-order valence-corrected chi connectivity index (χ4v) is 3.26. The van der Waals surface area contributed by atoms with E-state index in [0.29, 0.717) is 27.5 Å². The highest BCUT2D eigenvalue weighted by Gasteiger charge is 2.15. The fraction of sp³-hybridized carbons (Fsp3) is 0.0417. The zero-order valence-electron chi connectivity index (χ0n) is 16.1. The van der Waals surface area contributed by atoms with Gasteiger partial charge in [0, 0.05) is 21.7 Å². The van der Waals surface area contributed by atoms with Crippen molar-refractivity contribution < 1.29 is 14.3 Å². The minimum absolute atomic E-state index is 0.269. The summed E-state index contributed by atoms with van der Waals surface area (Å²) < 4.78 is 4.70. The molecule has 1 N–H and O–H groups in total. The Hall–Kier alpha value is -3.70. The van der Waals surface area contributed by atoms with Crippen LogP contribution in [0.15, 0.2) is 78.9 Å². The first-order valence-corrected chi connectivity index (χ1v) is 9.58. The number of hydrogen-bond acceptors (Lipinski definition) is 4. The van der Waals surface area contributed by atoms with Gasteiger partial charge in [-0.25, -0.2) is 9.78 Å². The van der Waals surface area contributed by atoms with Gasteiger partial charge in [0.1, 0.15) is 0 Å². The quantitative estimate of drug-likeness (QED) is 0.440. The number of carbonyl (C=O) groups excluding carboxylic acids is 2. The molecule has 5 nitrogen and oxygen atoms in total. The second-order valence-corrected chi connectivity index (χ2v) is 7.04. The maximum absolute atomic E-state index is 13.1. The molecule has 1 aromatic heterocycles. The highest BCUT2D eigenvalue weighted by Crippen LogP contribution is 2.26. The van der Waals surface area contributed by atoms with Crippen LogP contribution in [-0.4, -0.2) is 24.0 Å². The van der Waals surface area contributed by atoms with Gasteiger partial charge in [-0.15, -0.1) is 0 Å². The predicted molar refractivity (Wildman–Crippen MR) is 118 cm³/mol. The van der Waals surface area contributed by atoms with Crippen LogP contribution >= 0.6 is 11.6 Å². The number of halogens is 1. The standard InChI is InChI=1S/C24H17ClN2O3/c1-30-24(29)16-8-12-18(13-9-16)26-23(28)20-14-22(15-6-10-17(25)11-7-15)27-21-5-3-2-4-19(20)21/h2-14H,1H3,(H,26,28). The number of rotatable bonds is 4. The van der Waals surface area contributed by atoms with Crippen molar-refractivity contribution in [2.75, 3.05) is 12.4 Å². The molecular formula is C24H17ClN2O3. The van der Waals surface area contributed by atoms with Gasteiger partial charge in [-0.3, -0.25) is 4.79 Å². The summed E-state index contributed by atoms with van der Waals surface area (Å²) in [4.78, 5) is 29.4. The average Bonchev–Trinajstić information content (AvgIpc) is 2.78. The number of nitrogens with one attached hydrogen (secondary N) is 1. The molecule has 4 aromatic rings. The number of aromatic nitrogens is 1. The van der Waals surface area contributed by atoms with E-state index in [2.05, 4.69) is 5.32 Å². The van der Waals surface area contributed by atoms with E-state index in [9.17, 15) is 9.59 Å². The molecule has 0 aliphatic rings. The van der Waals surface area contributed by atoms with Crippen LogP contribution in [0.2, 0.25) is 5.02 Å². The lowest BCUT2D eigenvalue weighted by Crippen LogP contribution is -2.13. The van der Waals surface area contributed by atoms with Gasteiger partial charge in [0.05, 0.1) is 29.4 Å². The van der Waals surface area contributed by atoms with E-state index < -0.39 is 5.97 Å². The second-order valence-electron chi connectivity index (χ2n) is 6.60. The van der Waals surface area contributed by atoms with E-state index in [1.165, 1.54) is 7.11 Å². The summed E-state index contributed by atoms with van der Waals surface area (Å²) in [6, 6.07) is 23.1. The van der Waals surface area contributed by atoms with Crippen molar-refractivity contribution in [1.82, 2.24) is 4.98 Å². The Balaban J connectivity index is 1.71. The van der Waals surface area contributed by atoms with Gasteiger partial charge in [-0.2, -0.15) is 0 Å². The Morgan fingerprint density at radius 2 is 1.63 bits per heavy atom. The molecule has 0 saturated heterocycles. The number of hydrogen-bond donors (Lipinski definition) is 1. The maximum Gasteiger partial charge on any atom is 0.337 e. The average molecular weight is 417 g/mol. The van der Waals surface area contributed by atoms with Crippen molar-refractivity contribution in [3.05, 3.63) is 95.0 Å². The number of fused-ring (bicyclic) bond motifs is 1. The Labute approximate surface area is 178 Å². The number of ether oxygens (including phenoxy) is 1. The highest BCUT2D eigenvalue weighted by molar-refractivity contribution is 6.30. The number of anilines is 1. The lowest BCUT2D eigenvalue weighted by atomic mass is 10.0. The molecule has 0 aliphatic carbocycles. The van der Waals surface area contributed by atoms with Gasteiger partial charge in [0.2, 0.25) is 0 Å². The van der Waals surface area contributed by atoms with Crippen LogP contribution in [0.3, 0.4) is 0 Å². The largest absolute Gasteiger partial charge is 0.465 e. The summed E-state index contributed by atoms with van der Waals surface area (Å²) in [6.07, 6.45) is 0.